The summed E-state index contributed by atoms with van der Waals surface area (Å²) < 4.78 is 0. The van der Waals surface area contributed by atoms with E-state index in [0.29, 0.717) is 18.3 Å². The Morgan fingerprint density at radius 3 is 2.72 bits per heavy atom. The molecule has 1 rings (SSSR count). The maximum absolute atomic E-state index is 11.3. The van der Waals surface area contributed by atoms with E-state index in [1.807, 2.05) is 19.9 Å². The number of aromatic nitrogens is 2. The summed E-state index contributed by atoms with van der Waals surface area (Å²) in [6, 6.07) is 1.82. The molecule has 0 aliphatic carbocycles. The third-order valence-corrected chi connectivity index (χ3v) is 2.19. The van der Waals surface area contributed by atoms with E-state index in [2.05, 4.69) is 32.8 Å². The molecular weight excluding hydrogens is 230 g/mol. The van der Waals surface area contributed by atoms with Crippen LogP contribution in [-0.4, -0.2) is 35.5 Å². The van der Waals surface area contributed by atoms with Gasteiger partial charge in [0.15, 0.2) is 0 Å². The van der Waals surface area contributed by atoms with Crippen molar-refractivity contribution < 1.29 is 4.79 Å². The predicted octanol–water partition coefficient (Wildman–Crippen LogP) is 1.15. The van der Waals surface area contributed by atoms with Gasteiger partial charge in [-0.2, -0.15) is 4.98 Å². The van der Waals surface area contributed by atoms with Crippen LogP contribution in [0.5, 0.6) is 0 Å². The van der Waals surface area contributed by atoms with Crippen LogP contribution in [0.25, 0.3) is 0 Å². The van der Waals surface area contributed by atoms with Gasteiger partial charge in [0.2, 0.25) is 11.9 Å². The smallest absolute Gasteiger partial charge is 0.239 e. The van der Waals surface area contributed by atoms with E-state index in [1.165, 1.54) is 0 Å². The minimum Gasteiger partial charge on any atom is -0.361 e. The van der Waals surface area contributed by atoms with Crippen molar-refractivity contribution >= 4 is 17.7 Å². The maximum Gasteiger partial charge on any atom is 0.239 e. The standard InChI is InChI=1S/C12H21N5O/c1-4-6-14-12-16-9(3)7-10(17-12)15-8-11(18)13-5-2/h7H,4-6,8H2,1-3H3,(H,13,18)(H2,14,15,16,17). The van der Waals surface area contributed by atoms with Gasteiger partial charge in [0.1, 0.15) is 5.82 Å². The molecule has 0 aliphatic heterocycles. The van der Waals surface area contributed by atoms with Crippen LogP contribution in [0.1, 0.15) is 26.0 Å². The van der Waals surface area contributed by atoms with Crippen molar-refractivity contribution in [1.29, 1.82) is 0 Å². The molecule has 0 saturated carbocycles. The van der Waals surface area contributed by atoms with Crippen molar-refractivity contribution in [2.24, 2.45) is 0 Å². The minimum absolute atomic E-state index is 0.0446. The van der Waals surface area contributed by atoms with Crippen molar-refractivity contribution in [2.45, 2.75) is 27.2 Å². The number of anilines is 2. The van der Waals surface area contributed by atoms with E-state index < -0.39 is 0 Å². The van der Waals surface area contributed by atoms with Crippen molar-refractivity contribution in [2.75, 3.05) is 30.3 Å². The SMILES string of the molecule is CCCNc1nc(C)cc(NCC(=O)NCC)n1. The highest BCUT2D eigenvalue weighted by Crippen LogP contribution is 2.09. The number of amides is 1. The lowest BCUT2D eigenvalue weighted by Crippen LogP contribution is -2.29. The first-order valence-electron chi connectivity index (χ1n) is 6.25. The second kappa shape index (κ2) is 7.47. The molecule has 3 N–H and O–H groups in total. The molecule has 1 amide bonds. The normalized spacial score (nSPS) is 9.94. The number of hydrogen-bond acceptors (Lipinski definition) is 5. The molecule has 0 unspecified atom stereocenters. The fourth-order valence-electron chi connectivity index (χ4n) is 1.41. The molecule has 0 aliphatic rings. The van der Waals surface area contributed by atoms with E-state index in [1.54, 1.807) is 0 Å². The highest BCUT2D eigenvalue weighted by atomic mass is 16.1. The van der Waals surface area contributed by atoms with Crippen LogP contribution in [-0.2, 0) is 4.79 Å². The highest BCUT2D eigenvalue weighted by molar-refractivity contribution is 5.80. The van der Waals surface area contributed by atoms with Crippen LogP contribution in [0.15, 0.2) is 6.07 Å². The molecule has 6 nitrogen and oxygen atoms in total. The van der Waals surface area contributed by atoms with Gasteiger partial charge >= 0.3 is 0 Å². The number of rotatable bonds is 7. The Morgan fingerprint density at radius 1 is 1.28 bits per heavy atom. The van der Waals surface area contributed by atoms with Crippen molar-refractivity contribution in [3.05, 3.63) is 11.8 Å². The molecule has 1 aromatic heterocycles. The van der Waals surface area contributed by atoms with Gasteiger partial charge in [-0.05, 0) is 20.3 Å². The van der Waals surface area contributed by atoms with Gasteiger partial charge in [-0.25, -0.2) is 4.98 Å². The zero-order valence-corrected chi connectivity index (χ0v) is 11.2. The van der Waals surface area contributed by atoms with Gasteiger partial charge < -0.3 is 16.0 Å². The zero-order valence-electron chi connectivity index (χ0n) is 11.2. The zero-order chi connectivity index (χ0) is 13.4. The average Bonchev–Trinajstić information content (AvgIpc) is 2.34. The first-order chi connectivity index (χ1) is 8.65. The van der Waals surface area contributed by atoms with Crippen LogP contribution in [0.2, 0.25) is 0 Å². The molecule has 0 fully saturated rings. The third-order valence-electron chi connectivity index (χ3n) is 2.19. The molecule has 0 aromatic carbocycles. The summed E-state index contributed by atoms with van der Waals surface area (Å²) in [5.41, 5.74) is 0.863. The summed E-state index contributed by atoms with van der Waals surface area (Å²) in [5, 5.41) is 8.83. The summed E-state index contributed by atoms with van der Waals surface area (Å²) in [5.74, 6) is 1.21. The van der Waals surface area contributed by atoms with E-state index in [-0.39, 0.29) is 12.5 Å². The van der Waals surface area contributed by atoms with Crippen LogP contribution in [0.3, 0.4) is 0 Å². The van der Waals surface area contributed by atoms with E-state index >= 15 is 0 Å². The molecule has 1 aromatic rings. The summed E-state index contributed by atoms with van der Waals surface area (Å²) in [6.45, 7) is 7.55. The molecule has 0 spiro atoms. The molecule has 0 radical (unpaired) electrons. The van der Waals surface area contributed by atoms with E-state index in [0.717, 1.165) is 18.7 Å². The Bertz CT molecular complexity index is 394. The number of nitrogens with one attached hydrogen (secondary N) is 3. The van der Waals surface area contributed by atoms with E-state index in [9.17, 15) is 4.79 Å². The van der Waals surface area contributed by atoms with E-state index in [4.69, 9.17) is 0 Å². The van der Waals surface area contributed by atoms with Crippen LogP contribution in [0, 0.1) is 6.92 Å². The minimum atomic E-state index is -0.0446. The largest absolute Gasteiger partial charge is 0.361 e. The first-order valence-corrected chi connectivity index (χ1v) is 6.25. The van der Waals surface area contributed by atoms with Gasteiger partial charge in [-0.3, -0.25) is 4.79 Å². The third kappa shape index (κ3) is 4.99. The molecule has 0 atom stereocenters. The number of nitrogens with zero attached hydrogens (tertiary/aromatic N) is 2. The number of carbonyl (C=O) groups excluding carboxylic acids is 1. The van der Waals surface area contributed by atoms with Gasteiger partial charge in [0.25, 0.3) is 0 Å². The fourth-order valence-corrected chi connectivity index (χ4v) is 1.41. The van der Waals surface area contributed by atoms with Crippen molar-refractivity contribution in [1.82, 2.24) is 15.3 Å². The van der Waals surface area contributed by atoms with Gasteiger partial charge in [-0.15, -0.1) is 0 Å². The summed E-state index contributed by atoms with van der Waals surface area (Å²) in [6.07, 6.45) is 1.01. The van der Waals surface area contributed by atoms with Gasteiger partial charge in [0, 0.05) is 24.8 Å². The van der Waals surface area contributed by atoms with Crippen molar-refractivity contribution in [3.63, 3.8) is 0 Å². The number of aryl methyl sites for hydroxylation is 1. The van der Waals surface area contributed by atoms with Crippen molar-refractivity contribution in [3.8, 4) is 0 Å². The molecule has 6 heteroatoms. The van der Waals surface area contributed by atoms with Crippen LogP contribution < -0.4 is 16.0 Å². The Balaban J connectivity index is 2.59. The fraction of sp³-hybridized carbons (Fsp3) is 0.583. The Kier molecular flexibility index (Phi) is 5.90. The van der Waals surface area contributed by atoms with Gasteiger partial charge in [-0.1, -0.05) is 6.92 Å². The lowest BCUT2D eigenvalue weighted by atomic mass is 10.4. The number of likely N-dealkylation sites (N-methyl/N-ethyl adjacent to an activating group) is 1. The van der Waals surface area contributed by atoms with Crippen LogP contribution >= 0.6 is 0 Å². The molecule has 18 heavy (non-hydrogen) atoms. The number of carbonyl (C=O) groups is 1. The number of hydrogen-bond donors (Lipinski definition) is 3. The summed E-state index contributed by atoms with van der Waals surface area (Å²) >= 11 is 0. The first kappa shape index (κ1) is 14.2. The monoisotopic (exact) mass is 251 g/mol. The second-order valence-electron chi connectivity index (χ2n) is 3.95. The molecule has 1 heterocycles. The molecule has 0 bridgehead atoms. The van der Waals surface area contributed by atoms with Crippen LogP contribution in [0.4, 0.5) is 11.8 Å². The lowest BCUT2D eigenvalue weighted by Gasteiger charge is -2.09. The highest BCUT2D eigenvalue weighted by Gasteiger charge is 2.03. The Morgan fingerprint density at radius 2 is 2.06 bits per heavy atom. The maximum atomic E-state index is 11.3. The molecule has 0 saturated heterocycles. The predicted molar refractivity (Wildman–Crippen MR) is 72.7 cm³/mol. The second-order valence-corrected chi connectivity index (χ2v) is 3.95. The quantitative estimate of drug-likeness (QED) is 0.677. The Hall–Kier alpha value is -1.85. The topological polar surface area (TPSA) is 78.9 Å². The lowest BCUT2D eigenvalue weighted by molar-refractivity contribution is -0.119. The van der Waals surface area contributed by atoms with Gasteiger partial charge in [0.05, 0.1) is 6.54 Å². The Labute approximate surface area is 108 Å². The average molecular weight is 251 g/mol. The summed E-state index contributed by atoms with van der Waals surface area (Å²) in [7, 11) is 0. The molecular formula is C12H21N5O. The molecule has 100 valence electrons. The summed E-state index contributed by atoms with van der Waals surface area (Å²) in [4.78, 5) is 19.9.